The lowest BCUT2D eigenvalue weighted by molar-refractivity contribution is -0.0161. The van der Waals surface area contributed by atoms with Gasteiger partial charge in [-0.25, -0.2) is 0 Å². The largest absolute Gasteiger partial charge is 0.496 e. The zero-order chi connectivity index (χ0) is 17.4. The maximum absolute atomic E-state index is 5.75. The molecule has 0 aliphatic carbocycles. The Labute approximate surface area is 145 Å². The number of likely N-dealkylation sites (N-methyl/N-ethyl adjacent to an activating group) is 1. The van der Waals surface area contributed by atoms with Crippen molar-refractivity contribution in [3.05, 3.63) is 29.3 Å². The van der Waals surface area contributed by atoms with Crippen LogP contribution in [0.2, 0.25) is 0 Å². The number of aryl methyl sites for hydroxylation is 1. The summed E-state index contributed by atoms with van der Waals surface area (Å²) in [6, 6.07) is 6.33. The van der Waals surface area contributed by atoms with Crippen LogP contribution in [0.15, 0.2) is 23.2 Å². The van der Waals surface area contributed by atoms with E-state index in [0.29, 0.717) is 0 Å². The molecule has 0 amide bonds. The number of aliphatic imine (C=N–C) groups is 1. The fourth-order valence-electron chi connectivity index (χ4n) is 2.77. The second-order valence-electron chi connectivity index (χ2n) is 6.19. The van der Waals surface area contributed by atoms with Crippen molar-refractivity contribution in [1.82, 2.24) is 15.5 Å². The first-order valence-corrected chi connectivity index (χ1v) is 8.50. The molecule has 0 radical (unpaired) electrons. The Morgan fingerprint density at radius 2 is 2.25 bits per heavy atom. The highest BCUT2D eigenvalue weighted by Gasteiger charge is 2.17. The first-order chi connectivity index (χ1) is 11.6. The first-order valence-electron chi connectivity index (χ1n) is 8.50. The van der Waals surface area contributed by atoms with Gasteiger partial charge in [0.25, 0.3) is 0 Å². The minimum Gasteiger partial charge on any atom is -0.496 e. The molecule has 1 aliphatic heterocycles. The molecule has 2 N–H and O–H groups in total. The van der Waals surface area contributed by atoms with E-state index in [1.807, 2.05) is 0 Å². The lowest BCUT2D eigenvalue weighted by Crippen LogP contribution is -2.48. The summed E-state index contributed by atoms with van der Waals surface area (Å²) >= 11 is 0. The van der Waals surface area contributed by atoms with E-state index in [1.165, 1.54) is 5.56 Å². The number of rotatable bonds is 6. The quantitative estimate of drug-likeness (QED) is 0.601. The molecule has 0 spiro atoms. The van der Waals surface area contributed by atoms with Crippen molar-refractivity contribution in [3.63, 3.8) is 0 Å². The Kier molecular flexibility index (Phi) is 7.34. The number of nitrogens with one attached hydrogen (secondary N) is 2. The van der Waals surface area contributed by atoms with Gasteiger partial charge in [0.2, 0.25) is 0 Å². The topological polar surface area (TPSA) is 58.1 Å². The molecule has 1 aliphatic rings. The minimum absolute atomic E-state index is 0.212. The zero-order valence-corrected chi connectivity index (χ0v) is 15.3. The van der Waals surface area contributed by atoms with Gasteiger partial charge in [-0.05, 0) is 37.6 Å². The molecular formula is C18H30N4O2. The van der Waals surface area contributed by atoms with Crippen LogP contribution in [0.5, 0.6) is 5.75 Å². The highest BCUT2D eigenvalue weighted by molar-refractivity contribution is 5.79. The van der Waals surface area contributed by atoms with Crippen molar-refractivity contribution in [1.29, 1.82) is 0 Å². The lowest BCUT2D eigenvalue weighted by atomic mass is 10.1. The lowest BCUT2D eigenvalue weighted by Gasteiger charge is -2.30. The van der Waals surface area contributed by atoms with E-state index in [1.54, 1.807) is 14.2 Å². The fourth-order valence-corrected chi connectivity index (χ4v) is 2.77. The van der Waals surface area contributed by atoms with Crippen LogP contribution < -0.4 is 15.4 Å². The van der Waals surface area contributed by atoms with E-state index in [4.69, 9.17) is 9.47 Å². The smallest absolute Gasteiger partial charge is 0.191 e. The van der Waals surface area contributed by atoms with Crippen LogP contribution in [-0.2, 0) is 11.2 Å². The number of hydrogen-bond acceptors (Lipinski definition) is 4. The Bertz CT molecular complexity index is 548. The monoisotopic (exact) mass is 334 g/mol. The van der Waals surface area contributed by atoms with Crippen LogP contribution in [0, 0.1) is 6.92 Å². The highest BCUT2D eigenvalue weighted by atomic mass is 16.5. The summed E-state index contributed by atoms with van der Waals surface area (Å²) < 4.78 is 11.1. The molecule has 1 saturated heterocycles. The maximum atomic E-state index is 5.75. The van der Waals surface area contributed by atoms with Crippen LogP contribution in [0.3, 0.4) is 0 Å². The van der Waals surface area contributed by atoms with Crippen molar-refractivity contribution in [2.75, 3.05) is 54.0 Å². The molecule has 0 aromatic heterocycles. The first kappa shape index (κ1) is 18.5. The van der Waals surface area contributed by atoms with Crippen LogP contribution in [-0.4, -0.2) is 71.0 Å². The summed E-state index contributed by atoms with van der Waals surface area (Å²) in [5, 5.41) is 6.69. The van der Waals surface area contributed by atoms with E-state index in [9.17, 15) is 0 Å². The number of ether oxygens (including phenoxy) is 2. The molecule has 1 unspecified atom stereocenters. The summed E-state index contributed by atoms with van der Waals surface area (Å²) in [5.41, 5.74) is 2.40. The maximum Gasteiger partial charge on any atom is 0.191 e. The Morgan fingerprint density at radius 3 is 2.96 bits per heavy atom. The molecule has 1 aromatic carbocycles. The number of morpholine rings is 1. The normalized spacial score (nSPS) is 19.2. The van der Waals surface area contributed by atoms with Gasteiger partial charge in [0.1, 0.15) is 5.75 Å². The second kappa shape index (κ2) is 9.49. The third kappa shape index (κ3) is 5.69. The zero-order valence-electron chi connectivity index (χ0n) is 15.3. The molecule has 6 heteroatoms. The van der Waals surface area contributed by atoms with Crippen molar-refractivity contribution < 1.29 is 9.47 Å². The van der Waals surface area contributed by atoms with Crippen LogP contribution in [0.4, 0.5) is 0 Å². The van der Waals surface area contributed by atoms with Gasteiger partial charge in [-0.2, -0.15) is 0 Å². The van der Waals surface area contributed by atoms with Gasteiger partial charge in [0, 0.05) is 33.2 Å². The average molecular weight is 334 g/mol. The minimum atomic E-state index is 0.212. The van der Waals surface area contributed by atoms with Crippen molar-refractivity contribution in [3.8, 4) is 5.75 Å². The molecule has 134 valence electrons. The Balaban J connectivity index is 1.73. The molecule has 1 fully saturated rings. The second-order valence-corrected chi connectivity index (χ2v) is 6.19. The SMILES string of the molecule is CN=C(NCCc1ccc(C)c(OC)c1)NCC1CN(C)CCO1. The Morgan fingerprint density at radius 1 is 1.42 bits per heavy atom. The summed E-state index contributed by atoms with van der Waals surface area (Å²) in [4.78, 5) is 6.56. The molecule has 24 heavy (non-hydrogen) atoms. The molecular weight excluding hydrogens is 304 g/mol. The summed E-state index contributed by atoms with van der Waals surface area (Å²) in [6.07, 6.45) is 1.13. The van der Waals surface area contributed by atoms with Crippen molar-refractivity contribution in [2.45, 2.75) is 19.4 Å². The van der Waals surface area contributed by atoms with Crippen LogP contribution in [0.25, 0.3) is 0 Å². The van der Waals surface area contributed by atoms with Gasteiger partial charge in [-0.15, -0.1) is 0 Å². The Hall–Kier alpha value is -1.79. The van der Waals surface area contributed by atoms with E-state index in [0.717, 1.165) is 56.5 Å². The third-order valence-electron chi connectivity index (χ3n) is 4.24. The molecule has 6 nitrogen and oxygen atoms in total. The molecule has 1 aromatic rings. The van der Waals surface area contributed by atoms with Gasteiger partial charge < -0.3 is 25.0 Å². The average Bonchev–Trinajstić information content (AvgIpc) is 2.59. The number of benzene rings is 1. The predicted molar refractivity (Wildman–Crippen MR) is 98.0 cm³/mol. The standard InChI is InChI=1S/C18H30N4O2/c1-14-5-6-15(11-17(14)23-4)7-8-20-18(19-2)21-12-16-13-22(3)9-10-24-16/h5-6,11,16H,7-10,12-13H2,1-4H3,(H2,19,20,21). The predicted octanol–water partition coefficient (Wildman–Crippen LogP) is 1.04. The van der Waals surface area contributed by atoms with Gasteiger partial charge >= 0.3 is 0 Å². The molecule has 1 atom stereocenters. The van der Waals surface area contributed by atoms with Gasteiger partial charge in [-0.3, -0.25) is 4.99 Å². The number of methoxy groups -OCH3 is 1. The molecule has 2 rings (SSSR count). The van der Waals surface area contributed by atoms with E-state index in [2.05, 4.69) is 52.7 Å². The van der Waals surface area contributed by atoms with Crippen molar-refractivity contribution >= 4 is 5.96 Å². The van der Waals surface area contributed by atoms with Crippen LogP contribution >= 0.6 is 0 Å². The number of nitrogens with zero attached hydrogens (tertiary/aromatic N) is 2. The highest BCUT2D eigenvalue weighted by Crippen LogP contribution is 2.18. The van der Waals surface area contributed by atoms with Crippen LogP contribution in [0.1, 0.15) is 11.1 Å². The molecule has 0 bridgehead atoms. The third-order valence-corrected chi connectivity index (χ3v) is 4.24. The van der Waals surface area contributed by atoms with E-state index < -0.39 is 0 Å². The summed E-state index contributed by atoms with van der Waals surface area (Å²) in [6.45, 7) is 6.39. The summed E-state index contributed by atoms with van der Waals surface area (Å²) in [5.74, 6) is 1.75. The van der Waals surface area contributed by atoms with Gasteiger partial charge in [0.15, 0.2) is 5.96 Å². The summed E-state index contributed by atoms with van der Waals surface area (Å²) in [7, 11) is 5.62. The van der Waals surface area contributed by atoms with Gasteiger partial charge in [-0.1, -0.05) is 12.1 Å². The fraction of sp³-hybridized carbons (Fsp3) is 0.611. The van der Waals surface area contributed by atoms with Gasteiger partial charge in [0.05, 0.1) is 19.8 Å². The molecule has 1 heterocycles. The van der Waals surface area contributed by atoms with Crippen molar-refractivity contribution in [2.24, 2.45) is 4.99 Å². The molecule has 0 saturated carbocycles. The van der Waals surface area contributed by atoms with E-state index >= 15 is 0 Å². The number of guanidine groups is 1. The van der Waals surface area contributed by atoms with E-state index in [-0.39, 0.29) is 6.10 Å². The number of hydrogen-bond donors (Lipinski definition) is 2.